The van der Waals surface area contributed by atoms with E-state index in [2.05, 4.69) is 10.6 Å². The summed E-state index contributed by atoms with van der Waals surface area (Å²) in [4.78, 5) is 12.2. The van der Waals surface area contributed by atoms with Crippen LogP contribution in [0.1, 0.15) is 23.2 Å². The zero-order valence-corrected chi connectivity index (χ0v) is 11.9. The lowest BCUT2D eigenvalue weighted by Crippen LogP contribution is -2.47. The number of hydrogen-bond acceptors (Lipinski definition) is 4. The van der Waals surface area contributed by atoms with E-state index >= 15 is 0 Å². The van der Waals surface area contributed by atoms with Crippen LogP contribution in [0.5, 0.6) is 0 Å². The molecule has 5 nitrogen and oxygen atoms in total. The first-order valence-corrected chi connectivity index (χ1v) is 6.99. The SMILES string of the molecule is COCC1(CNC(=O)c2ccccc2N)CCNCC1. The fourth-order valence-corrected chi connectivity index (χ4v) is 2.70. The molecule has 0 atom stereocenters. The van der Waals surface area contributed by atoms with Crippen LogP contribution in [0.15, 0.2) is 24.3 Å². The van der Waals surface area contributed by atoms with Crippen molar-refractivity contribution in [1.29, 1.82) is 0 Å². The van der Waals surface area contributed by atoms with Crippen LogP contribution in [0.25, 0.3) is 0 Å². The third kappa shape index (κ3) is 3.49. The van der Waals surface area contributed by atoms with Crippen LogP contribution in [0.3, 0.4) is 0 Å². The third-order valence-corrected chi connectivity index (χ3v) is 3.94. The van der Waals surface area contributed by atoms with E-state index in [-0.39, 0.29) is 11.3 Å². The van der Waals surface area contributed by atoms with Crippen molar-refractivity contribution in [1.82, 2.24) is 10.6 Å². The van der Waals surface area contributed by atoms with Crippen LogP contribution in [0.2, 0.25) is 0 Å². The van der Waals surface area contributed by atoms with Gasteiger partial charge in [-0.15, -0.1) is 0 Å². The van der Waals surface area contributed by atoms with Gasteiger partial charge in [0.1, 0.15) is 0 Å². The predicted octanol–water partition coefficient (Wildman–Crippen LogP) is 1.01. The maximum absolute atomic E-state index is 12.2. The summed E-state index contributed by atoms with van der Waals surface area (Å²) in [6, 6.07) is 7.13. The van der Waals surface area contributed by atoms with Gasteiger partial charge in [-0.05, 0) is 38.1 Å². The van der Waals surface area contributed by atoms with Gasteiger partial charge in [0.25, 0.3) is 5.91 Å². The van der Waals surface area contributed by atoms with Crippen molar-refractivity contribution in [3.63, 3.8) is 0 Å². The van der Waals surface area contributed by atoms with Crippen molar-refractivity contribution in [2.45, 2.75) is 12.8 Å². The number of methoxy groups -OCH3 is 1. The number of para-hydroxylation sites is 1. The minimum absolute atomic E-state index is 0.0270. The molecule has 0 aromatic heterocycles. The summed E-state index contributed by atoms with van der Waals surface area (Å²) >= 11 is 0. The predicted molar refractivity (Wildman–Crippen MR) is 79.6 cm³/mol. The lowest BCUT2D eigenvalue weighted by atomic mass is 9.79. The molecule has 0 saturated carbocycles. The van der Waals surface area contributed by atoms with Crippen LogP contribution < -0.4 is 16.4 Å². The molecule has 20 heavy (non-hydrogen) atoms. The smallest absolute Gasteiger partial charge is 0.253 e. The summed E-state index contributed by atoms with van der Waals surface area (Å²) in [5, 5.41) is 6.35. The Labute approximate surface area is 119 Å². The second-order valence-electron chi connectivity index (χ2n) is 5.45. The Morgan fingerprint density at radius 1 is 1.40 bits per heavy atom. The number of carbonyl (C=O) groups is 1. The molecular weight excluding hydrogens is 254 g/mol. The molecule has 2 rings (SSSR count). The van der Waals surface area contributed by atoms with Crippen molar-refractivity contribution in [3.05, 3.63) is 29.8 Å². The molecule has 1 aliphatic heterocycles. The number of rotatable bonds is 5. The summed E-state index contributed by atoms with van der Waals surface area (Å²) in [6.07, 6.45) is 2.01. The number of nitrogens with one attached hydrogen (secondary N) is 2. The fraction of sp³-hybridized carbons (Fsp3) is 0.533. The van der Waals surface area contributed by atoms with Gasteiger partial charge in [0.05, 0.1) is 12.2 Å². The van der Waals surface area contributed by atoms with Gasteiger partial charge < -0.3 is 21.1 Å². The van der Waals surface area contributed by atoms with Crippen molar-refractivity contribution < 1.29 is 9.53 Å². The Kier molecular flexibility index (Phi) is 4.98. The first kappa shape index (κ1) is 14.8. The van der Waals surface area contributed by atoms with Gasteiger partial charge in [-0.3, -0.25) is 4.79 Å². The number of amides is 1. The van der Waals surface area contributed by atoms with Crippen LogP contribution in [0.4, 0.5) is 5.69 Å². The zero-order valence-electron chi connectivity index (χ0n) is 11.9. The van der Waals surface area contributed by atoms with E-state index in [0.717, 1.165) is 25.9 Å². The number of piperidine rings is 1. The first-order chi connectivity index (χ1) is 9.67. The Morgan fingerprint density at radius 3 is 2.75 bits per heavy atom. The molecule has 1 aliphatic rings. The minimum atomic E-state index is -0.114. The standard InChI is InChI=1S/C15H23N3O2/c1-20-11-15(6-8-17-9-7-15)10-18-14(19)12-4-2-3-5-13(12)16/h2-5,17H,6-11,16H2,1H3,(H,18,19). The van der Waals surface area contributed by atoms with Crippen LogP contribution in [-0.4, -0.2) is 39.3 Å². The summed E-state index contributed by atoms with van der Waals surface area (Å²) in [6.45, 7) is 3.22. The number of nitrogens with two attached hydrogens (primary N) is 1. The molecule has 1 heterocycles. The number of nitrogen functional groups attached to an aromatic ring is 1. The first-order valence-electron chi connectivity index (χ1n) is 6.99. The highest BCUT2D eigenvalue weighted by atomic mass is 16.5. The van der Waals surface area contributed by atoms with Gasteiger partial charge in [-0.25, -0.2) is 0 Å². The molecule has 1 amide bonds. The molecule has 0 bridgehead atoms. The number of benzene rings is 1. The average molecular weight is 277 g/mol. The van der Waals surface area contributed by atoms with Crippen molar-refractivity contribution in [3.8, 4) is 0 Å². The van der Waals surface area contributed by atoms with Crippen molar-refractivity contribution >= 4 is 11.6 Å². The maximum atomic E-state index is 12.2. The maximum Gasteiger partial charge on any atom is 0.253 e. The van der Waals surface area contributed by atoms with E-state index in [0.29, 0.717) is 24.4 Å². The quantitative estimate of drug-likeness (QED) is 0.702. The van der Waals surface area contributed by atoms with Crippen molar-refractivity contribution in [2.75, 3.05) is 39.1 Å². The summed E-state index contributed by atoms with van der Waals surface area (Å²) < 4.78 is 5.34. The Hall–Kier alpha value is -1.59. The van der Waals surface area contributed by atoms with Gasteiger partial charge in [-0.2, -0.15) is 0 Å². The highest BCUT2D eigenvalue weighted by Crippen LogP contribution is 2.28. The van der Waals surface area contributed by atoms with E-state index in [1.807, 2.05) is 12.1 Å². The summed E-state index contributed by atoms with van der Waals surface area (Å²) in [7, 11) is 1.71. The van der Waals surface area contributed by atoms with E-state index in [9.17, 15) is 4.79 Å². The van der Waals surface area contributed by atoms with Crippen LogP contribution in [0, 0.1) is 5.41 Å². The molecule has 1 aromatic rings. The molecule has 1 fully saturated rings. The molecule has 1 saturated heterocycles. The lowest BCUT2D eigenvalue weighted by Gasteiger charge is -2.37. The Morgan fingerprint density at radius 2 is 2.10 bits per heavy atom. The summed E-state index contributed by atoms with van der Waals surface area (Å²) in [5.74, 6) is -0.114. The molecule has 0 unspecified atom stereocenters. The second kappa shape index (κ2) is 6.72. The van der Waals surface area contributed by atoms with Gasteiger partial charge in [0.2, 0.25) is 0 Å². The van der Waals surface area contributed by atoms with Crippen molar-refractivity contribution in [2.24, 2.45) is 5.41 Å². The minimum Gasteiger partial charge on any atom is -0.398 e. The largest absolute Gasteiger partial charge is 0.398 e. The molecular formula is C15H23N3O2. The van der Waals surface area contributed by atoms with Gasteiger partial charge >= 0.3 is 0 Å². The van der Waals surface area contributed by atoms with Crippen LogP contribution >= 0.6 is 0 Å². The molecule has 0 aliphatic carbocycles. The molecule has 5 heteroatoms. The Bertz CT molecular complexity index is 451. The molecule has 4 N–H and O–H groups in total. The normalized spacial score (nSPS) is 17.6. The van der Waals surface area contributed by atoms with E-state index < -0.39 is 0 Å². The molecule has 1 aromatic carbocycles. The highest BCUT2D eigenvalue weighted by molar-refractivity contribution is 5.99. The Balaban J connectivity index is 1.99. The van der Waals surface area contributed by atoms with E-state index in [4.69, 9.17) is 10.5 Å². The number of hydrogen-bond donors (Lipinski definition) is 3. The monoisotopic (exact) mass is 277 g/mol. The van der Waals surface area contributed by atoms with Gasteiger partial charge in [0.15, 0.2) is 0 Å². The summed E-state index contributed by atoms with van der Waals surface area (Å²) in [5.41, 5.74) is 6.90. The van der Waals surface area contributed by atoms with Gasteiger partial charge in [0, 0.05) is 24.8 Å². The second-order valence-corrected chi connectivity index (χ2v) is 5.45. The molecule has 0 spiro atoms. The highest BCUT2D eigenvalue weighted by Gasteiger charge is 2.32. The van der Waals surface area contributed by atoms with E-state index in [1.165, 1.54) is 0 Å². The third-order valence-electron chi connectivity index (χ3n) is 3.94. The van der Waals surface area contributed by atoms with Gasteiger partial charge in [-0.1, -0.05) is 12.1 Å². The number of carbonyl (C=O) groups excluding carboxylic acids is 1. The topological polar surface area (TPSA) is 76.4 Å². The van der Waals surface area contributed by atoms with E-state index in [1.54, 1.807) is 19.2 Å². The lowest BCUT2D eigenvalue weighted by molar-refractivity contribution is 0.0512. The fourth-order valence-electron chi connectivity index (χ4n) is 2.70. The molecule has 0 radical (unpaired) electrons. The van der Waals surface area contributed by atoms with Crippen LogP contribution in [-0.2, 0) is 4.74 Å². The average Bonchev–Trinajstić information content (AvgIpc) is 2.47. The number of anilines is 1. The number of ether oxygens (including phenoxy) is 1. The molecule has 110 valence electrons. The zero-order chi connectivity index (χ0) is 14.4.